The molecule has 110 valence electrons. The third-order valence-electron chi connectivity index (χ3n) is 4.63. The summed E-state index contributed by atoms with van der Waals surface area (Å²) in [7, 11) is 4.29. The number of hydrogen-bond acceptors (Lipinski definition) is 3. The third-order valence-corrected chi connectivity index (χ3v) is 9.10. The maximum atomic E-state index is 6.71. The number of rotatable bonds is 6. The summed E-state index contributed by atoms with van der Waals surface area (Å²) in [4.78, 5) is 0. The number of ether oxygens (including phenoxy) is 1. The number of aliphatic hydroxyl groups excluding tert-OH is 1. The van der Waals surface area contributed by atoms with Crippen LogP contribution < -0.4 is 0 Å². The van der Waals surface area contributed by atoms with Crippen LogP contribution in [0.3, 0.4) is 0 Å². The van der Waals surface area contributed by atoms with Crippen LogP contribution in [0.25, 0.3) is 0 Å². The smallest absolute Gasteiger partial charge is 0.210 e. The first-order valence-corrected chi connectivity index (χ1v) is 10.2. The number of aliphatic hydroxyl groups is 1. The third kappa shape index (κ3) is 4.06. The molecule has 0 bridgehead atoms. The van der Waals surface area contributed by atoms with Crippen molar-refractivity contribution in [1.29, 1.82) is 1.43 Å². The summed E-state index contributed by atoms with van der Waals surface area (Å²) < 4.78 is 19.0. The zero-order valence-corrected chi connectivity index (χ0v) is 14.2. The van der Waals surface area contributed by atoms with E-state index in [9.17, 15) is 0 Å². The van der Waals surface area contributed by atoms with Crippen molar-refractivity contribution in [2.45, 2.75) is 76.9 Å². The minimum atomic E-state index is -1.84. The summed E-state index contributed by atoms with van der Waals surface area (Å²) in [5.41, 5.74) is 0. The van der Waals surface area contributed by atoms with E-state index in [0.29, 0.717) is 6.61 Å². The first-order chi connectivity index (χ1) is 9.10. The Morgan fingerprint density at radius 3 is 2.58 bits per heavy atom. The van der Waals surface area contributed by atoms with Gasteiger partial charge in [-0.2, -0.15) is 0 Å². The predicted octanol–water partition coefficient (Wildman–Crippen LogP) is 2.68. The van der Waals surface area contributed by atoms with Gasteiger partial charge in [0.1, 0.15) is 7.85 Å². The molecule has 0 aromatic carbocycles. The van der Waals surface area contributed by atoms with Gasteiger partial charge in [-0.15, -0.1) is 0 Å². The second kappa shape index (κ2) is 6.29. The highest BCUT2D eigenvalue weighted by Gasteiger charge is 2.46. The topological polar surface area (TPSA) is 38.7 Å². The summed E-state index contributed by atoms with van der Waals surface area (Å²) in [6.45, 7) is 13.8. The van der Waals surface area contributed by atoms with Crippen LogP contribution in [0.5, 0.6) is 0 Å². The van der Waals surface area contributed by atoms with Crippen molar-refractivity contribution in [3.8, 4) is 0 Å². The van der Waals surface area contributed by atoms with Crippen LogP contribution in [-0.4, -0.2) is 47.5 Å². The molecule has 0 saturated carbocycles. The Hall–Kier alpha value is 0.162. The van der Waals surface area contributed by atoms with E-state index in [0.717, 1.165) is 12.8 Å². The molecule has 4 atom stereocenters. The average Bonchev–Trinajstić information content (AvgIpc) is 2.56. The molecule has 0 aromatic rings. The maximum absolute atomic E-state index is 6.71. The molecule has 1 saturated heterocycles. The molecule has 1 rings (SSSR count). The Morgan fingerprint density at radius 2 is 2.05 bits per heavy atom. The van der Waals surface area contributed by atoms with E-state index in [-0.39, 0.29) is 29.2 Å². The van der Waals surface area contributed by atoms with Gasteiger partial charge in [0.25, 0.3) is 0 Å². The van der Waals surface area contributed by atoms with E-state index in [4.69, 9.17) is 18.4 Å². The van der Waals surface area contributed by atoms with Crippen molar-refractivity contribution in [2.24, 2.45) is 5.92 Å². The van der Waals surface area contributed by atoms with E-state index in [1.165, 1.54) is 0 Å². The largest absolute Gasteiger partial charge is 0.412 e. The summed E-state index contributed by atoms with van der Waals surface area (Å²) in [5, 5.41) is 4.52. The van der Waals surface area contributed by atoms with Crippen LogP contribution in [0.15, 0.2) is 0 Å². The zero-order valence-electron chi connectivity index (χ0n) is 14.2. The van der Waals surface area contributed by atoms with Gasteiger partial charge >= 0.3 is 0 Å². The second-order valence-electron chi connectivity index (χ2n) is 7.19. The lowest BCUT2D eigenvalue weighted by Crippen LogP contribution is -2.47. The van der Waals surface area contributed by atoms with Crippen molar-refractivity contribution in [1.82, 2.24) is 0 Å². The van der Waals surface area contributed by atoms with Gasteiger partial charge in [-0.1, -0.05) is 27.7 Å². The molecule has 0 aromatic heterocycles. The van der Waals surface area contributed by atoms with Crippen molar-refractivity contribution in [3.63, 3.8) is 0 Å². The van der Waals surface area contributed by atoms with Crippen molar-refractivity contribution in [3.05, 3.63) is 0 Å². The van der Waals surface area contributed by atoms with Gasteiger partial charge in [-0.3, -0.25) is 0 Å². The van der Waals surface area contributed by atoms with Crippen LogP contribution in [0, 0.1) is 5.92 Å². The average molecular weight is 286 g/mol. The van der Waals surface area contributed by atoms with Crippen molar-refractivity contribution in [2.75, 3.05) is 6.61 Å². The quantitative estimate of drug-likeness (QED) is 0.602. The van der Waals surface area contributed by atoms with Crippen LogP contribution >= 0.6 is 0 Å². The van der Waals surface area contributed by atoms with Gasteiger partial charge in [-0.05, 0) is 31.0 Å². The highest BCUT2D eigenvalue weighted by molar-refractivity contribution is 6.74. The van der Waals surface area contributed by atoms with E-state index in [1.54, 1.807) is 0 Å². The molecule has 0 aliphatic carbocycles. The fourth-order valence-electron chi connectivity index (χ4n) is 2.22. The summed E-state index contributed by atoms with van der Waals surface area (Å²) >= 11 is 0. The zero-order chi connectivity index (χ0) is 15.6. The van der Waals surface area contributed by atoms with Gasteiger partial charge in [0, 0.05) is 18.5 Å². The molecular weight excluding hydrogens is 255 g/mol. The molecule has 5 heteroatoms. The molecule has 2 radical (unpaired) electrons. The standard InChI is InChI=1S/C14H29BO3Si/c1-10-11(8-7-9-16)17-13(15)12(10)18-19(5,6)14(2,3)4/h10-13,16H,7-9H2,1-6H3/t10-,11+,12?,13+/m0/s1/i16T. The highest BCUT2D eigenvalue weighted by atomic mass is 28.4. The minimum absolute atomic E-state index is 0.0298. The fraction of sp³-hybridized carbons (Fsp3) is 1.00. The van der Waals surface area contributed by atoms with Gasteiger partial charge < -0.3 is 14.3 Å². The molecule has 1 aliphatic rings. The Kier molecular flexibility index (Phi) is 5.15. The molecule has 1 heterocycles. The lowest BCUT2D eigenvalue weighted by molar-refractivity contribution is 0.0532. The Bertz CT molecular complexity index is 309. The van der Waals surface area contributed by atoms with Crippen molar-refractivity contribution >= 4 is 16.2 Å². The van der Waals surface area contributed by atoms with Crippen LogP contribution in [0.2, 0.25) is 18.1 Å². The molecular formula is C14H29BO3Si. The SMILES string of the molecule is [3H]OCCC[C@H]1O[C@@H]([B])C(O[Si](C)(C)C(C)(C)C)[C@H]1C. The summed E-state index contributed by atoms with van der Waals surface area (Å²) in [5.74, 6) is 0.282. The highest BCUT2D eigenvalue weighted by Crippen LogP contribution is 2.41. The first-order valence-electron chi connectivity index (χ1n) is 7.68. The maximum Gasteiger partial charge on any atom is 0.210 e. The summed E-state index contributed by atoms with van der Waals surface area (Å²) in [6.07, 6.45) is 1.76. The molecule has 1 N–H and O–H groups in total. The molecule has 1 aliphatic heterocycles. The van der Waals surface area contributed by atoms with Crippen LogP contribution in [0.1, 0.15) is 40.5 Å². The van der Waals surface area contributed by atoms with Gasteiger partial charge in [-0.25, -0.2) is 0 Å². The fourth-order valence-corrected chi connectivity index (χ4v) is 3.60. The van der Waals surface area contributed by atoms with Gasteiger partial charge in [0.15, 0.2) is 8.32 Å². The molecule has 3 nitrogen and oxygen atoms in total. The Morgan fingerprint density at radius 1 is 1.42 bits per heavy atom. The molecule has 0 amide bonds. The van der Waals surface area contributed by atoms with Gasteiger partial charge in [0.2, 0.25) is 1.43 Å². The molecule has 1 unspecified atom stereocenters. The van der Waals surface area contributed by atoms with Crippen LogP contribution in [0.4, 0.5) is 0 Å². The van der Waals surface area contributed by atoms with Crippen LogP contribution in [-0.2, 0) is 9.16 Å². The van der Waals surface area contributed by atoms with E-state index >= 15 is 0 Å². The van der Waals surface area contributed by atoms with E-state index in [2.05, 4.69) is 45.9 Å². The van der Waals surface area contributed by atoms with E-state index < -0.39 is 8.32 Å². The predicted molar refractivity (Wildman–Crippen MR) is 82.0 cm³/mol. The Labute approximate surface area is 122 Å². The normalized spacial score (nSPS) is 33.5. The molecule has 1 fully saturated rings. The lowest BCUT2D eigenvalue weighted by Gasteiger charge is -2.40. The Balaban J connectivity index is 2.63. The summed E-state index contributed by atoms with van der Waals surface area (Å²) in [6, 6.07) is -0.346. The second-order valence-corrected chi connectivity index (χ2v) is 11.9. The molecule has 0 spiro atoms. The first kappa shape index (κ1) is 15.5. The van der Waals surface area contributed by atoms with E-state index in [1.807, 2.05) is 0 Å². The van der Waals surface area contributed by atoms with Crippen molar-refractivity contribution < 1.29 is 14.3 Å². The minimum Gasteiger partial charge on any atom is -0.412 e. The monoisotopic (exact) mass is 286 g/mol. The lowest BCUT2D eigenvalue weighted by atomic mass is 9.88. The molecule has 19 heavy (non-hydrogen) atoms. The van der Waals surface area contributed by atoms with Gasteiger partial charge in [0.05, 0.1) is 12.2 Å². The number of hydrogen-bond donors (Lipinski definition) is 1.